The number of aromatic nitrogens is 1. The monoisotopic (exact) mass is 191 g/mol. The van der Waals surface area contributed by atoms with E-state index < -0.39 is 0 Å². The first kappa shape index (κ1) is 10.7. The van der Waals surface area contributed by atoms with Crippen molar-refractivity contribution in [3.05, 3.63) is 28.5 Å². The van der Waals surface area contributed by atoms with Gasteiger partial charge in [-0.05, 0) is 18.6 Å². The summed E-state index contributed by atoms with van der Waals surface area (Å²) in [4.78, 5) is 10.6. The summed E-state index contributed by atoms with van der Waals surface area (Å²) >= 11 is 0. The van der Waals surface area contributed by atoms with Gasteiger partial charge in [0.25, 0.3) is 0 Å². The molecule has 0 amide bonds. The van der Waals surface area contributed by atoms with E-state index >= 15 is 0 Å². The standard InChI is InChI=1S/C9H11N3.C2H6/c1-7-3-4-10-9-8(7)5-12(2)6-11-9;1-2/h3-5H,6H2,1-2H3;1-2H3. The van der Waals surface area contributed by atoms with Gasteiger partial charge in [-0.3, -0.25) is 0 Å². The van der Waals surface area contributed by atoms with E-state index in [2.05, 4.69) is 28.0 Å². The predicted octanol–water partition coefficient (Wildman–Crippen LogP) is 0.677. The summed E-state index contributed by atoms with van der Waals surface area (Å²) in [6, 6.07) is 2.00. The maximum absolute atomic E-state index is 4.32. The number of nitrogens with zero attached hydrogens (tertiary/aromatic N) is 3. The molecule has 0 aliphatic carbocycles. The van der Waals surface area contributed by atoms with Crippen LogP contribution in [0.4, 0.5) is 0 Å². The lowest BCUT2D eigenvalue weighted by atomic mass is 10.2. The van der Waals surface area contributed by atoms with Crippen LogP contribution in [0.2, 0.25) is 0 Å². The van der Waals surface area contributed by atoms with Gasteiger partial charge < -0.3 is 4.90 Å². The van der Waals surface area contributed by atoms with E-state index in [0.717, 1.165) is 10.7 Å². The van der Waals surface area contributed by atoms with Crippen molar-refractivity contribution in [3.63, 3.8) is 0 Å². The number of fused-ring (bicyclic) bond motifs is 1. The summed E-state index contributed by atoms with van der Waals surface area (Å²) in [6.07, 6.45) is 3.89. The van der Waals surface area contributed by atoms with Crippen LogP contribution in [-0.4, -0.2) is 23.6 Å². The van der Waals surface area contributed by atoms with Crippen molar-refractivity contribution in [1.82, 2.24) is 9.88 Å². The molecule has 1 aliphatic heterocycles. The highest BCUT2D eigenvalue weighted by molar-refractivity contribution is 5.26. The van der Waals surface area contributed by atoms with Crippen LogP contribution in [0.25, 0.3) is 6.20 Å². The number of rotatable bonds is 0. The van der Waals surface area contributed by atoms with Crippen molar-refractivity contribution in [1.29, 1.82) is 0 Å². The van der Waals surface area contributed by atoms with Crippen molar-refractivity contribution in [3.8, 4) is 0 Å². The first-order valence-corrected chi connectivity index (χ1v) is 4.95. The predicted molar refractivity (Wildman–Crippen MR) is 58.2 cm³/mol. The molecule has 0 saturated carbocycles. The van der Waals surface area contributed by atoms with E-state index in [-0.39, 0.29) is 0 Å². The van der Waals surface area contributed by atoms with Gasteiger partial charge in [0.2, 0.25) is 0 Å². The van der Waals surface area contributed by atoms with Crippen molar-refractivity contribution in [2.45, 2.75) is 20.8 Å². The molecule has 2 heterocycles. The van der Waals surface area contributed by atoms with Gasteiger partial charge in [0.05, 0.1) is 0 Å². The fourth-order valence-corrected chi connectivity index (χ4v) is 1.28. The Morgan fingerprint density at radius 3 is 2.79 bits per heavy atom. The molecule has 0 N–H and O–H groups in total. The minimum absolute atomic E-state index is 0.712. The summed E-state index contributed by atoms with van der Waals surface area (Å²) in [5, 5.41) is 1.14. The zero-order valence-corrected chi connectivity index (χ0v) is 9.28. The van der Waals surface area contributed by atoms with Gasteiger partial charge in [-0.25, -0.2) is 9.98 Å². The first-order valence-electron chi connectivity index (χ1n) is 4.95. The van der Waals surface area contributed by atoms with Crippen LogP contribution in [0.15, 0.2) is 17.3 Å². The maximum Gasteiger partial charge on any atom is 0.158 e. The van der Waals surface area contributed by atoms with E-state index in [1.165, 1.54) is 5.56 Å². The minimum atomic E-state index is 0.712. The molecule has 0 saturated heterocycles. The van der Waals surface area contributed by atoms with Gasteiger partial charge in [-0.2, -0.15) is 0 Å². The molecule has 0 atom stereocenters. The molecule has 3 nitrogen and oxygen atoms in total. The minimum Gasteiger partial charge on any atom is -0.361 e. The Labute approximate surface area is 84.8 Å². The highest BCUT2D eigenvalue weighted by atomic mass is 15.2. The fourth-order valence-electron chi connectivity index (χ4n) is 1.28. The molecular weight excluding hydrogens is 174 g/mol. The Balaban J connectivity index is 0.000000461. The molecular formula is C11H17N3. The molecule has 1 aromatic rings. The van der Waals surface area contributed by atoms with E-state index in [0.29, 0.717) is 6.67 Å². The summed E-state index contributed by atoms with van der Waals surface area (Å²) in [5.74, 6) is 0. The fraction of sp³-hybridized carbons (Fsp3) is 0.455. The Morgan fingerprint density at radius 1 is 1.36 bits per heavy atom. The maximum atomic E-state index is 4.32. The van der Waals surface area contributed by atoms with Crippen LogP contribution in [-0.2, 0) is 0 Å². The van der Waals surface area contributed by atoms with Crippen LogP contribution in [0.5, 0.6) is 0 Å². The summed E-state index contributed by atoms with van der Waals surface area (Å²) in [6.45, 7) is 6.79. The highest BCUT2D eigenvalue weighted by Crippen LogP contribution is 1.89. The molecule has 76 valence electrons. The quantitative estimate of drug-likeness (QED) is 0.603. The number of aryl methyl sites for hydroxylation is 1. The van der Waals surface area contributed by atoms with Crippen molar-refractivity contribution < 1.29 is 0 Å². The van der Waals surface area contributed by atoms with Crippen molar-refractivity contribution in [2.75, 3.05) is 13.7 Å². The van der Waals surface area contributed by atoms with Gasteiger partial charge in [-0.1, -0.05) is 13.8 Å². The molecule has 0 bridgehead atoms. The van der Waals surface area contributed by atoms with Crippen molar-refractivity contribution in [2.24, 2.45) is 4.99 Å². The summed E-state index contributed by atoms with van der Waals surface area (Å²) in [7, 11) is 2.01. The van der Waals surface area contributed by atoms with Crippen LogP contribution in [0, 0.1) is 6.92 Å². The molecule has 1 aliphatic rings. The van der Waals surface area contributed by atoms with Gasteiger partial charge in [0, 0.05) is 24.7 Å². The lowest BCUT2D eigenvalue weighted by molar-refractivity contribution is 0.495. The second-order valence-electron chi connectivity index (χ2n) is 3.05. The normalized spacial score (nSPS) is 13.0. The van der Waals surface area contributed by atoms with E-state index in [1.54, 1.807) is 6.20 Å². The van der Waals surface area contributed by atoms with Gasteiger partial charge >= 0.3 is 0 Å². The SMILES string of the molecule is CC.Cc1ccnc2c1=CN(C)CN=2. The molecule has 0 spiro atoms. The first-order chi connectivity index (χ1) is 6.77. The Kier molecular flexibility index (Phi) is 3.63. The van der Waals surface area contributed by atoms with Gasteiger partial charge in [0.15, 0.2) is 5.49 Å². The van der Waals surface area contributed by atoms with E-state index in [1.807, 2.05) is 27.0 Å². The number of hydrogen-bond donors (Lipinski definition) is 0. The molecule has 0 unspecified atom stereocenters. The second kappa shape index (κ2) is 4.74. The molecule has 1 aromatic heterocycles. The van der Waals surface area contributed by atoms with Crippen molar-refractivity contribution >= 4 is 6.20 Å². The molecule has 0 radical (unpaired) electrons. The highest BCUT2D eigenvalue weighted by Gasteiger charge is 2.00. The molecule has 3 heteroatoms. The third kappa shape index (κ3) is 2.10. The Bertz CT molecular complexity index is 409. The van der Waals surface area contributed by atoms with Crippen LogP contribution < -0.4 is 10.7 Å². The van der Waals surface area contributed by atoms with Crippen LogP contribution in [0.1, 0.15) is 19.4 Å². The topological polar surface area (TPSA) is 28.5 Å². The third-order valence-electron chi connectivity index (χ3n) is 1.98. The zero-order valence-electron chi connectivity index (χ0n) is 9.28. The molecule has 0 aromatic carbocycles. The van der Waals surface area contributed by atoms with Crippen LogP contribution in [0.3, 0.4) is 0 Å². The average molecular weight is 191 g/mol. The zero-order chi connectivity index (χ0) is 10.6. The third-order valence-corrected chi connectivity index (χ3v) is 1.98. The van der Waals surface area contributed by atoms with Gasteiger partial charge in [0.1, 0.15) is 6.67 Å². The summed E-state index contributed by atoms with van der Waals surface area (Å²) < 4.78 is 0. The van der Waals surface area contributed by atoms with Gasteiger partial charge in [-0.15, -0.1) is 0 Å². The average Bonchev–Trinajstić information content (AvgIpc) is 2.22. The van der Waals surface area contributed by atoms with Crippen LogP contribution >= 0.6 is 0 Å². The van der Waals surface area contributed by atoms with E-state index in [4.69, 9.17) is 0 Å². The lowest BCUT2D eigenvalue weighted by Gasteiger charge is -2.13. The Morgan fingerprint density at radius 2 is 2.07 bits per heavy atom. The largest absolute Gasteiger partial charge is 0.361 e. The smallest absolute Gasteiger partial charge is 0.158 e. The molecule has 0 fully saturated rings. The number of pyridine rings is 1. The lowest BCUT2D eigenvalue weighted by Crippen LogP contribution is -2.38. The number of hydrogen-bond acceptors (Lipinski definition) is 3. The summed E-state index contributed by atoms with van der Waals surface area (Å²) in [5.41, 5.74) is 2.10. The Hall–Kier alpha value is -1.38. The molecule has 14 heavy (non-hydrogen) atoms. The molecule has 2 rings (SSSR count). The second-order valence-corrected chi connectivity index (χ2v) is 3.05. The van der Waals surface area contributed by atoms with E-state index in [9.17, 15) is 0 Å².